The number of aryl methyl sites for hydroxylation is 1. The predicted molar refractivity (Wildman–Crippen MR) is 82.2 cm³/mol. The van der Waals surface area contributed by atoms with Crippen LogP contribution < -0.4 is 5.32 Å². The van der Waals surface area contributed by atoms with Crippen LogP contribution in [0.15, 0.2) is 18.3 Å². The Labute approximate surface area is 120 Å². The first-order chi connectivity index (χ1) is 9.65. The number of nitrogens with one attached hydrogen (secondary N) is 1. The molecule has 0 aromatic carbocycles. The quantitative estimate of drug-likeness (QED) is 0.929. The highest BCUT2D eigenvalue weighted by atomic mass is 15.2. The number of hydrogen-bond acceptors (Lipinski definition) is 3. The smallest absolute Gasteiger partial charge is 0.137 e. The Hall–Kier alpha value is -1.39. The third kappa shape index (κ3) is 2.58. The summed E-state index contributed by atoms with van der Waals surface area (Å²) in [6.07, 6.45) is 2.21. The lowest BCUT2D eigenvalue weighted by molar-refractivity contribution is 0.229. The molecule has 0 spiro atoms. The van der Waals surface area contributed by atoms with Crippen LogP contribution >= 0.6 is 0 Å². The number of imidazole rings is 1. The number of aromatic nitrogens is 2. The van der Waals surface area contributed by atoms with Crippen molar-refractivity contribution in [1.29, 1.82) is 0 Å². The summed E-state index contributed by atoms with van der Waals surface area (Å²) in [6.45, 7) is 12.0. The van der Waals surface area contributed by atoms with E-state index in [1.165, 1.54) is 17.0 Å². The summed E-state index contributed by atoms with van der Waals surface area (Å²) in [5.41, 5.74) is 4.96. The fourth-order valence-corrected chi connectivity index (χ4v) is 2.92. The normalized spacial score (nSPS) is 17.2. The van der Waals surface area contributed by atoms with Crippen molar-refractivity contribution in [1.82, 2.24) is 19.6 Å². The van der Waals surface area contributed by atoms with E-state index in [4.69, 9.17) is 4.98 Å². The molecule has 0 radical (unpaired) electrons. The number of rotatable bonds is 3. The fraction of sp³-hybridized carbons (Fsp3) is 0.562. The van der Waals surface area contributed by atoms with Crippen molar-refractivity contribution in [3.63, 3.8) is 0 Å². The highest BCUT2D eigenvalue weighted by Gasteiger charge is 2.18. The second-order valence-electron chi connectivity index (χ2n) is 6.06. The van der Waals surface area contributed by atoms with Crippen molar-refractivity contribution in [2.45, 2.75) is 33.2 Å². The zero-order chi connectivity index (χ0) is 14.1. The molecule has 0 amide bonds. The molecular formula is C16H24N4. The van der Waals surface area contributed by atoms with Crippen LogP contribution in [0.3, 0.4) is 0 Å². The molecule has 2 aromatic rings. The molecule has 2 aromatic heterocycles. The summed E-state index contributed by atoms with van der Waals surface area (Å²) in [5.74, 6) is 0.466. The number of fused-ring (bicyclic) bond motifs is 1. The van der Waals surface area contributed by atoms with Crippen molar-refractivity contribution in [2.24, 2.45) is 0 Å². The molecule has 4 heteroatoms. The van der Waals surface area contributed by atoms with E-state index < -0.39 is 0 Å². The summed E-state index contributed by atoms with van der Waals surface area (Å²) in [5, 5.41) is 3.41. The van der Waals surface area contributed by atoms with E-state index >= 15 is 0 Å². The van der Waals surface area contributed by atoms with E-state index in [0.29, 0.717) is 5.92 Å². The van der Waals surface area contributed by atoms with Crippen molar-refractivity contribution >= 4 is 5.65 Å². The van der Waals surface area contributed by atoms with Crippen molar-refractivity contribution < 1.29 is 0 Å². The molecule has 0 atom stereocenters. The van der Waals surface area contributed by atoms with Gasteiger partial charge in [0.15, 0.2) is 0 Å². The van der Waals surface area contributed by atoms with E-state index in [0.717, 1.165) is 38.4 Å². The minimum absolute atomic E-state index is 0.466. The molecule has 1 aliphatic heterocycles. The predicted octanol–water partition coefficient (Wildman–Crippen LogP) is 2.17. The zero-order valence-corrected chi connectivity index (χ0v) is 12.7. The maximum Gasteiger partial charge on any atom is 0.137 e. The Morgan fingerprint density at radius 2 is 2.00 bits per heavy atom. The standard InChI is InChI=1S/C16H24N4/c1-12(2)16-14(11-19-8-6-17-7-9-19)20-10-13(3)4-5-15(20)18-16/h4-5,10,12,17H,6-9,11H2,1-3H3. The summed E-state index contributed by atoms with van der Waals surface area (Å²) in [6, 6.07) is 4.27. The van der Waals surface area contributed by atoms with E-state index in [-0.39, 0.29) is 0 Å². The van der Waals surface area contributed by atoms with E-state index in [2.05, 4.69) is 53.7 Å². The molecule has 3 rings (SSSR count). The van der Waals surface area contributed by atoms with Crippen molar-refractivity contribution in [3.8, 4) is 0 Å². The second-order valence-corrected chi connectivity index (χ2v) is 6.06. The Balaban J connectivity index is 2.01. The van der Waals surface area contributed by atoms with Crippen molar-refractivity contribution in [3.05, 3.63) is 35.3 Å². The fourth-order valence-electron chi connectivity index (χ4n) is 2.92. The molecule has 0 unspecified atom stereocenters. The summed E-state index contributed by atoms with van der Waals surface area (Å²) in [4.78, 5) is 7.36. The van der Waals surface area contributed by atoms with Crippen LogP contribution in [0.5, 0.6) is 0 Å². The van der Waals surface area contributed by atoms with Crippen LogP contribution in [0.2, 0.25) is 0 Å². The van der Waals surface area contributed by atoms with Gasteiger partial charge in [-0.1, -0.05) is 19.9 Å². The lowest BCUT2D eigenvalue weighted by atomic mass is 10.1. The van der Waals surface area contributed by atoms with E-state index in [9.17, 15) is 0 Å². The van der Waals surface area contributed by atoms with Gasteiger partial charge in [-0.05, 0) is 24.5 Å². The van der Waals surface area contributed by atoms with Crippen molar-refractivity contribution in [2.75, 3.05) is 26.2 Å². The minimum Gasteiger partial charge on any atom is -0.314 e. The second kappa shape index (κ2) is 5.54. The summed E-state index contributed by atoms with van der Waals surface area (Å²) >= 11 is 0. The molecule has 4 nitrogen and oxygen atoms in total. The van der Waals surface area contributed by atoms with Crippen LogP contribution in [-0.4, -0.2) is 40.5 Å². The maximum absolute atomic E-state index is 4.84. The van der Waals surface area contributed by atoms with Crippen LogP contribution in [-0.2, 0) is 6.54 Å². The third-order valence-corrected chi connectivity index (χ3v) is 4.03. The summed E-state index contributed by atoms with van der Waals surface area (Å²) in [7, 11) is 0. The topological polar surface area (TPSA) is 32.6 Å². The average Bonchev–Trinajstić information content (AvgIpc) is 2.78. The Morgan fingerprint density at radius 3 is 2.70 bits per heavy atom. The maximum atomic E-state index is 4.84. The van der Waals surface area contributed by atoms with Gasteiger partial charge in [-0.15, -0.1) is 0 Å². The number of hydrogen-bond donors (Lipinski definition) is 1. The van der Waals surface area contributed by atoms with Gasteiger partial charge >= 0.3 is 0 Å². The Kier molecular flexibility index (Phi) is 3.76. The number of piperazine rings is 1. The molecule has 20 heavy (non-hydrogen) atoms. The van der Waals surface area contributed by atoms with Crippen LogP contribution in [0.1, 0.15) is 36.7 Å². The summed E-state index contributed by atoms with van der Waals surface area (Å²) < 4.78 is 2.28. The van der Waals surface area contributed by atoms with Gasteiger partial charge in [0.1, 0.15) is 5.65 Å². The molecule has 1 N–H and O–H groups in total. The molecule has 0 saturated carbocycles. The van der Waals surface area contributed by atoms with Gasteiger partial charge in [0, 0.05) is 38.9 Å². The highest BCUT2D eigenvalue weighted by molar-refractivity contribution is 5.45. The van der Waals surface area contributed by atoms with Gasteiger partial charge in [-0.25, -0.2) is 4.98 Å². The molecule has 0 aliphatic carbocycles. The lowest BCUT2D eigenvalue weighted by Crippen LogP contribution is -2.43. The number of pyridine rings is 1. The molecule has 1 saturated heterocycles. The first-order valence-corrected chi connectivity index (χ1v) is 7.55. The first-order valence-electron chi connectivity index (χ1n) is 7.55. The average molecular weight is 272 g/mol. The van der Waals surface area contributed by atoms with Gasteiger partial charge < -0.3 is 9.72 Å². The molecule has 0 bridgehead atoms. The molecule has 1 fully saturated rings. The monoisotopic (exact) mass is 272 g/mol. The number of nitrogens with zero attached hydrogens (tertiary/aromatic N) is 3. The third-order valence-electron chi connectivity index (χ3n) is 4.03. The van der Waals surface area contributed by atoms with Gasteiger partial charge in [-0.2, -0.15) is 0 Å². The molecule has 108 valence electrons. The minimum atomic E-state index is 0.466. The lowest BCUT2D eigenvalue weighted by Gasteiger charge is -2.27. The van der Waals surface area contributed by atoms with Crippen LogP contribution in [0.25, 0.3) is 5.65 Å². The van der Waals surface area contributed by atoms with Gasteiger partial charge in [0.2, 0.25) is 0 Å². The zero-order valence-electron chi connectivity index (χ0n) is 12.7. The van der Waals surface area contributed by atoms with Crippen LogP contribution in [0, 0.1) is 6.92 Å². The van der Waals surface area contributed by atoms with E-state index in [1.54, 1.807) is 0 Å². The Morgan fingerprint density at radius 1 is 1.25 bits per heavy atom. The largest absolute Gasteiger partial charge is 0.314 e. The molecular weight excluding hydrogens is 248 g/mol. The highest BCUT2D eigenvalue weighted by Crippen LogP contribution is 2.22. The molecule has 3 heterocycles. The van der Waals surface area contributed by atoms with E-state index in [1.807, 2.05) is 0 Å². The van der Waals surface area contributed by atoms with Crippen LogP contribution in [0.4, 0.5) is 0 Å². The van der Waals surface area contributed by atoms with Gasteiger partial charge in [0.05, 0.1) is 11.4 Å². The molecule has 1 aliphatic rings. The SMILES string of the molecule is Cc1ccc2nc(C(C)C)c(CN3CCNCC3)n2c1. The van der Waals surface area contributed by atoms with Gasteiger partial charge in [-0.3, -0.25) is 4.90 Å². The first kappa shape index (κ1) is 13.6. The Bertz CT molecular complexity index is 594. The van der Waals surface area contributed by atoms with Gasteiger partial charge in [0.25, 0.3) is 0 Å².